The Hall–Kier alpha value is -0.420. The molecule has 0 aromatic carbocycles. The van der Waals surface area contributed by atoms with Crippen LogP contribution in [0, 0.1) is 10.8 Å². The second-order valence-electron chi connectivity index (χ2n) is 7.03. The second kappa shape index (κ2) is 4.29. The Morgan fingerprint density at radius 3 is 2.10 bits per heavy atom. The van der Waals surface area contributed by atoms with Crippen molar-refractivity contribution in [2.75, 3.05) is 26.2 Å². The highest BCUT2D eigenvalue weighted by molar-refractivity contribution is 7.10. The van der Waals surface area contributed by atoms with Crippen molar-refractivity contribution in [2.24, 2.45) is 10.8 Å². The van der Waals surface area contributed by atoms with Gasteiger partial charge in [-0.2, -0.15) is 0 Å². The number of aliphatic hydroxyl groups is 1. The van der Waals surface area contributed by atoms with Crippen LogP contribution in [0.5, 0.6) is 0 Å². The smallest absolute Gasteiger partial charge is 0.0981 e. The number of hydrogen-bond donors (Lipinski definition) is 1. The maximum Gasteiger partial charge on any atom is 0.0981 e. The van der Waals surface area contributed by atoms with Gasteiger partial charge in [-0.3, -0.25) is 9.80 Å². The molecule has 0 radical (unpaired) electrons. The highest BCUT2D eigenvalue weighted by atomic mass is 32.1. The molecule has 0 aliphatic carbocycles. The average Bonchev–Trinajstić information content (AvgIpc) is 2.97. The van der Waals surface area contributed by atoms with Gasteiger partial charge in [0.05, 0.1) is 12.3 Å². The lowest BCUT2D eigenvalue weighted by Gasteiger charge is -2.69. The zero-order valence-electron chi connectivity index (χ0n) is 12.4. The van der Waals surface area contributed by atoms with E-state index in [1.54, 1.807) is 0 Å². The highest BCUT2D eigenvalue weighted by Gasteiger charge is 2.64. The molecule has 1 aromatic heterocycles. The average molecular weight is 292 g/mol. The lowest BCUT2D eigenvalue weighted by Crippen LogP contribution is -2.77. The molecule has 4 bridgehead atoms. The van der Waals surface area contributed by atoms with E-state index >= 15 is 0 Å². The predicted octanol–water partition coefficient (Wildman–Crippen LogP) is 2.55. The summed E-state index contributed by atoms with van der Waals surface area (Å²) in [6.45, 7) is 8.75. The van der Waals surface area contributed by atoms with Gasteiger partial charge in [-0.1, -0.05) is 19.9 Å². The first-order valence-corrected chi connectivity index (χ1v) is 8.72. The third-order valence-corrected chi connectivity index (χ3v) is 7.04. The van der Waals surface area contributed by atoms with Crippen LogP contribution in [0.1, 0.15) is 37.7 Å². The summed E-state index contributed by atoms with van der Waals surface area (Å²) < 4.78 is 0. The fraction of sp³-hybridized carbons (Fsp3) is 0.750. The summed E-state index contributed by atoms with van der Waals surface area (Å²) in [5, 5.41) is 13.2. The van der Waals surface area contributed by atoms with Gasteiger partial charge in [-0.25, -0.2) is 0 Å². The molecule has 5 rings (SSSR count). The first kappa shape index (κ1) is 13.3. The Bertz CT molecular complexity index is 461. The summed E-state index contributed by atoms with van der Waals surface area (Å²) >= 11 is 1.87. The van der Waals surface area contributed by atoms with Gasteiger partial charge >= 0.3 is 0 Å². The summed E-state index contributed by atoms with van der Waals surface area (Å²) in [6.07, 6.45) is 2.50. The molecule has 4 aliphatic heterocycles. The van der Waals surface area contributed by atoms with E-state index in [2.05, 4.69) is 41.2 Å². The fourth-order valence-electron chi connectivity index (χ4n) is 5.03. The molecule has 1 N–H and O–H groups in total. The van der Waals surface area contributed by atoms with Crippen LogP contribution in [-0.4, -0.2) is 47.2 Å². The van der Waals surface area contributed by atoms with Crippen molar-refractivity contribution in [3.05, 3.63) is 22.4 Å². The molecule has 4 aliphatic rings. The Labute approximate surface area is 125 Å². The van der Waals surface area contributed by atoms with Gasteiger partial charge in [0.2, 0.25) is 0 Å². The van der Waals surface area contributed by atoms with Crippen LogP contribution in [0.3, 0.4) is 0 Å². The summed E-state index contributed by atoms with van der Waals surface area (Å²) in [5.41, 5.74) is 0.195. The van der Waals surface area contributed by atoms with Crippen molar-refractivity contribution in [1.29, 1.82) is 0 Å². The standard InChI is InChI=1S/C16H24N2OS/c1-3-15-8-17-10-16(4-2,14(15)19)11-18(9-15)13(17)12-6-5-7-20-12/h5-7,13-14,19H,3-4,8-11H2,1-2H3. The largest absolute Gasteiger partial charge is 0.392 e. The van der Waals surface area contributed by atoms with E-state index in [-0.39, 0.29) is 16.9 Å². The molecule has 0 atom stereocenters. The zero-order valence-corrected chi connectivity index (χ0v) is 13.2. The molecular weight excluding hydrogens is 268 g/mol. The summed E-state index contributed by atoms with van der Waals surface area (Å²) in [4.78, 5) is 6.74. The maximum atomic E-state index is 11.0. The van der Waals surface area contributed by atoms with Crippen LogP contribution in [0.15, 0.2) is 17.5 Å². The van der Waals surface area contributed by atoms with Crippen molar-refractivity contribution in [1.82, 2.24) is 9.80 Å². The molecule has 0 saturated carbocycles. The number of nitrogens with zero attached hydrogens (tertiary/aromatic N) is 2. The fourth-order valence-corrected chi connectivity index (χ4v) is 5.93. The van der Waals surface area contributed by atoms with Crippen molar-refractivity contribution >= 4 is 11.3 Å². The van der Waals surface area contributed by atoms with Crippen LogP contribution >= 0.6 is 11.3 Å². The Kier molecular flexibility index (Phi) is 2.84. The molecule has 1 aromatic rings. The molecule has 0 spiro atoms. The van der Waals surface area contributed by atoms with E-state index in [0.29, 0.717) is 6.17 Å². The molecule has 5 heterocycles. The third kappa shape index (κ3) is 1.51. The van der Waals surface area contributed by atoms with Crippen LogP contribution in [0.25, 0.3) is 0 Å². The topological polar surface area (TPSA) is 26.7 Å². The molecule has 0 unspecified atom stereocenters. The van der Waals surface area contributed by atoms with Crippen LogP contribution < -0.4 is 0 Å². The minimum absolute atomic E-state index is 0.0975. The van der Waals surface area contributed by atoms with Gasteiger partial charge in [0.15, 0.2) is 0 Å². The van der Waals surface area contributed by atoms with E-state index in [1.807, 2.05) is 11.3 Å². The Morgan fingerprint density at radius 2 is 1.70 bits per heavy atom. The van der Waals surface area contributed by atoms with Gasteiger partial charge in [0, 0.05) is 41.9 Å². The van der Waals surface area contributed by atoms with Crippen molar-refractivity contribution in [3.63, 3.8) is 0 Å². The van der Waals surface area contributed by atoms with Crippen LogP contribution in [0.2, 0.25) is 0 Å². The van der Waals surface area contributed by atoms with Crippen LogP contribution in [0.4, 0.5) is 0 Å². The van der Waals surface area contributed by atoms with Gasteiger partial charge in [-0.05, 0) is 24.3 Å². The predicted molar refractivity (Wildman–Crippen MR) is 81.7 cm³/mol. The van der Waals surface area contributed by atoms with Gasteiger partial charge in [0.25, 0.3) is 0 Å². The Morgan fingerprint density at radius 1 is 1.15 bits per heavy atom. The highest BCUT2D eigenvalue weighted by Crippen LogP contribution is 2.57. The first-order valence-electron chi connectivity index (χ1n) is 7.84. The maximum absolute atomic E-state index is 11.0. The molecule has 4 saturated heterocycles. The number of hydrogen-bond acceptors (Lipinski definition) is 4. The zero-order chi connectivity index (χ0) is 14.0. The van der Waals surface area contributed by atoms with E-state index in [0.717, 1.165) is 39.0 Å². The first-order chi connectivity index (χ1) is 9.64. The third-order valence-electron chi connectivity index (χ3n) is 6.13. The number of thiophene rings is 1. The minimum Gasteiger partial charge on any atom is -0.392 e. The van der Waals surface area contributed by atoms with Gasteiger partial charge in [0.1, 0.15) is 0 Å². The van der Waals surface area contributed by atoms with E-state index in [4.69, 9.17) is 0 Å². The normalized spacial score (nSPS) is 49.8. The van der Waals surface area contributed by atoms with E-state index < -0.39 is 0 Å². The van der Waals surface area contributed by atoms with Crippen molar-refractivity contribution < 1.29 is 5.11 Å². The summed E-state index contributed by atoms with van der Waals surface area (Å²) in [6, 6.07) is 4.43. The molecular formula is C16H24N2OS. The molecule has 20 heavy (non-hydrogen) atoms. The summed E-state index contributed by atoms with van der Waals surface area (Å²) in [7, 11) is 0. The van der Waals surface area contributed by atoms with Gasteiger partial charge < -0.3 is 5.11 Å². The second-order valence-corrected chi connectivity index (χ2v) is 8.01. The SMILES string of the molecule is CCC12CN3CC(CC)(CN(C1)C3c1cccs1)C2O. The molecule has 4 fully saturated rings. The number of piperidine rings is 2. The lowest BCUT2D eigenvalue weighted by molar-refractivity contribution is -0.265. The van der Waals surface area contributed by atoms with E-state index in [1.165, 1.54) is 4.88 Å². The molecule has 0 amide bonds. The van der Waals surface area contributed by atoms with Crippen molar-refractivity contribution in [2.45, 2.75) is 39.0 Å². The van der Waals surface area contributed by atoms with Crippen molar-refractivity contribution in [3.8, 4) is 0 Å². The Balaban J connectivity index is 1.75. The monoisotopic (exact) mass is 292 g/mol. The molecule has 3 nitrogen and oxygen atoms in total. The summed E-state index contributed by atoms with van der Waals surface area (Å²) in [5.74, 6) is 0. The minimum atomic E-state index is -0.123. The molecule has 110 valence electrons. The van der Waals surface area contributed by atoms with E-state index in [9.17, 15) is 5.11 Å². The quantitative estimate of drug-likeness (QED) is 0.927. The number of rotatable bonds is 3. The number of aliphatic hydroxyl groups excluding tert-OH is 1. The van der Waals surface area contributed by atoms with Crippen LogP contribution in [-0.2, 0) is 0 Å². The van der Waals surface area contributed by atoms with Gasteiger partial charge in [-0.15, -0.1) is 11.3 Å². The molecule has 4 heteroatoms. The lowest BCUT2D eigenvalue weighted by atomic mass is 9.57.